The predicted molar refractivity (Wildman–Crippen MR) is 78.3 cm³/mol. The molecule has 94 valence electrons. The quantitative estimate of drug-likeness (QED) is 0.890. The van der Waals surface area contributed by atoms with Gasteiger partial charge >= 0.3 is 0 Å². The molecule has 0 radical (unpaired) electrons. The summed E-state index contributed by atoms with van der Waals surface area (Å²) in [4.78, 5) is 0. The highest BCUT2D eigenvalue weighted by Gasteiger charge is 2.05. The van der Waals surface area contributed by atoms with E-state index in [4.69, 9.17) is 22.1 Å². The molecular formula is C14H13BrClNO. The maximum atomic E-state index is 6.08. The Morgan fingerprint density at radius 1 is 1.22 bits per heavy atom. The third kappa shape index (κ3) is 3.05. The monoisotopic (exact) mass is 325 g/mol. The number of hydrogen-bond acceptors (Lipinski definition) is 2. The molecule has 0 saturated heterocycles. The Kier molecular flexibility index (Phi) is 4.27. The minimum absolute atomic E-state index is 0.532. The summed E-state index contributed by atoms with van der Waals surface area (Å²) >= 11 is 9.47. The highest BCUT2D eigenvalue weighted by Crippen LogP contribution is 2.32. The van der Waals surface area contributed by atoms with Gasteiger partial charge in [0.15, 0.2) is 0 Å². The van der Waals surface area contributed by atoms with Gasteiger partial charge in [0.1, 0.15) is 11.5 Å². The van der Waals surface area contributed by atoms with Crippen LogP contribution in [0.3, 0.4) is 0 Å². The average Bonchev–Trinajstić information content (AvgIpc) is 2.34. The molecule has 0 saturated carbocycles. The van der Waals surface area contributed by atoms with E-state index in [1.165, 1.54) is 0 Å². The molecule has 0 heterocycles. The summed E-state index contributed by atoms with van der Waals surface area (Å²) < 4.78 is 6.70. The molecule has 0 bridgehead atoms. The number of rotatable bonds is 3. The zero-order valence-electron chi connectivity index (χ0n) is 9.91. The second-order valence-electron chi connectivity index (χ2n) is 3.97. The van der Waals surface area contributed by atoms with E-state index in [0.29, 0.717) is 17.3 Å². The first-order chi connectivity index (χ1) is 8.60. The smallest absolute Gasteiger partial charge is 0.147 e. The number of nitrogens with two attached hydrogens (primary N) is 1. The molecule has 0 fully saturated rings. The largest absolute Gasteiger partial charge is 0.456 e. The molecular weight excluding hydrogens is 314 g/mol. The van der Waals surface area contributed by atoms with Gasteiger partial charge in [-0.25, -0.2) is 0 Å². The molecule has 2 aromatic carbocycles. The summed E-state index contributed by atoms with van der Waals surface area (Å²) in [5.74, 6) is 1.38. The van der Waals surface area contributed by atoms with Crippen LogP contribution in [0.1, 0.15) is 11.1 Å². The molecule has 18 heavy (non-hydrogen) atoms. The minimum atomic E-state index is 0.532. The zero-order chi connectivity index (χ0) is 13.1. The van der Waals surface area contributed by atoms with Gasteiger partial charge < -0.3 is 10.5 Å². The predicted octanol–water partition coefficient (Wildman–Crippen LogP) is 4.66. The lowest BCUT2D eigenvalue weighted by Gasteiger charge is -2.10. The van der Waals surface area contributed by atoms with E-state index in [2.05, 4.69) is 15.9 Å². The Hall–Kier alpha value is -1.03. The Labute approximate surface area is 120 Å². The van der Waals surface area contributed by atoms with Gasteiger partial charge in [-0.2, -0.15) is 0 Å². The van der Waals surface area contributed by atoms with Crippen LogP contribution in [-0.4, -0.2) is 0 Å². The van der Waals surface area contributed by atoms with E-state index in [9.17, 15) is 0 Å². The molecule has 0 amide bonds. The minimum Gasteiger partial charge on any atom is -0.456 e. The van der Waals surface area contributed by atoms with Crippen LogP contribution in [0.4, 0.5) is 0 Å². The van der Waals surface area contributed by atoms with Crippen LogP contribution in [0.25, 0.3) is 0 Å². The molecule has 0 aliphatic heterocycles. The van der Waals surface area contributed by atoms with Gasteiger partial charge in [-0.05, 0) is 48.4 Å². The summed E-state index contributed by atoms with van der Waals surface area (Å²) in [6.45, 7) is 2.54. The summed E-state index contributed by atoms with van der Waals surface area (Å²) in [7, 11) is 0. The summed E-state index contributed by atoms with van der Waals surface area (Å²) in [5, 5.41) is 0.582. The molecule has 0 aliphatic carbocycles. The van der Waals surface area contributed by atoms with Crippen LogP contribution in [0, 0.1) is 6.92 Å². The second kappa shape index (κ2) is 5.74. The zero-order valence-corrected chi connectivity index (χ0v) is 12.3. The van der Waals surface area contributed by atoms with Crippen LogP contribution in [0.2, 0.25) is 5.02 Å². The normalized spacial score (nSPS) is 10.4. The second-order valence-corrected chi connectivity index (χ2v) is 5.29. The lowest BCUT2D eigenvalue weighted by atomic mass is 10.1. The Morgan fingerprint density at radius 3 is 2.67 bits per heavy atom. The molecule has 4 heteroatoms. The summed E-state index contributed by atoms with van der Waals surface area (Å²) in [6, 6.07) is 11.3. The standard InChI is InChI=1S/C14H13BrClNO/c1-9-6-12(4-2-10(9)8-17)18-14-7-11(15)3-5-13(14)16/h2-7H,8,17H2,1H3. The van der Waals surface area contributed by atoms with E-state index in [-0.39, 0.29) is 0 Å². The fourth-order valence-corrected chi connectivity index (χ4v) is 2.14. The van der Waals surface area contributed by atoms with Gasteiger partial charge in [-0.15, -0.1) is 0 Å². The highest BCUT2D eigenvalue weighted by molar-refractivity contribution is 9.10. The van der Waals surface area contributed by atoms with Crippen LogP contribution >= 0.6 is 27.5 Å². The molecule has 2 nitrogen and oxygen atoms in total. The van der Waals surface area contributed by atoms with Gasteiger partial charge in [0.25, 0.3) is 0 Å². The molecule has 0 unspecified atom stereocenters. The topological polar surface area (TPSA) is 35.2 Å². The molecule has 2 aromatic rings. The van der Waals surface area contributed by atoms with Crippen molar-refractivity contribution in [1.82, 2.24) is 0 Å². The lowest BCUT2D eigenvalue weighted by molar-refractivity contribution is 0.482. The van der Waals surface area contributed by atoms with Crippen molar-refractivity contribution in [2.24, 2.45) is 5.73 Å². The lowest BCUT2D eigenvalue weighted by Crippen LogP contribution is -1.99. The summed E-state index contributed by atoms with van der Waals surface area (Å²) in [5.41, 5.74) is 7.85. The van der Waals surface area contributed by atoms with Crippen molar-refractivity contribution in [2.45, 2.75) is 13.5 Å². The fourth-order valence-electron chi connectivity index (χ4n) is 1.64. The van der Waals surface area contributed by atoms with Crippen molar-refractivity contribution in [1.29, 1.82) is 0 Å². The van der Waals surface area contributed by atoms with Gasteiger partial charge in [0, 0.05) is 11.0 Å². The first-order valence-corrected chi connectivity index (χ1v) is 6.70. The van der Waals surface area contributed by atoms with Crippen LogP contribution in [0.5, 0.6) is 11.5 Å². The van der Waals surface area contributed by atoms with Gasteiger partial charge in [0.2, 0.25) is 0 Å². The first-order valence-electron chi connectivity index (χ1n) is 5.52. The Bertz CT molecular complexity index is 572. The van der Waals surface area contributed by atoms with Crippen molar-refractivity contribution >= 4 is 27.5 Å². The van der Waals surface area contributed by atoms with Crippen molar-refractivity contribution in [3.8, 4) is 11.5 Å². The van der Waals surface area contributed by atoms with Crippen molar-refractivity contribution in [2.75, 3.05) is 0 Å². The van der Waals surface area contributed by atoms with Crippen molar-refractivity contribution in [3.63, 3.8) is 0 Å². The SMILES string of the molecule is Cc1cc(Oc2cc(Br)ccc2Cl)ccc1CN. The maximum Gasteiger partial charge on any atom is 0.147 e. The highest BCUT2D eigenvalue weighted by atomic mass is 79.9. The molecule has 0 aromatic heterocycles. The molecule has 2 rings (SSSR count). The molecule has 0 atom stereocenters. The molecule has 0 spiro atoms. The average molecular weight is 327 g/mol. The van der Waals surface area contributed by atoms with Crippen LogP contribution < -0.4 is 10.5 Å². The van der Waals surface area contributed by atoms with Gasteiger partial charge in [0.05, 0.1) is 5.02 Å². The third-order valence-electron chi connectivity index (χ3n) is 2.66. The maximum absolute atomic E-state index is 6.08. The Balaban J connectivity index is 2.28. The first kappa shape index (κ1) is 13.4. The van der Waals surface area contributed by atoms with E-state index in [1.54, 1.807) is 6.07 Å². The van der Waals surface area contributed by atoms with Crippen LogP contribution in [-0.2, 0) is 6.54 Å². The van der Waals surface area contributed by atoms with E-state index >= 15 is 0 Å². The number of ether oxygens (including phenoxy) is 1. The van der Waals surface area contributed by atoms with Crippen molar-refractivity contribution in [3.05, 3.63) is 57.0 Å². The van der Waals surface area contributed by atoms with Gasteiger partial charge in [-0.1, -0.05) is 33.6 Å². The van der Waals surface area contributed by atoms with Gasteiger partial charge in [-0.3, -0.25) is 0 Å². The summed E-state index contributed by atoms with van der Waals surface area (Å²) in [6.07, 6.45) is 0. The van der Waals surface area contributed by atoms with E-state index in [1.807, 2.05) is 37.3 Å². The molecule has 2 N–H and O–H groups in total. The van der Waals surface area contributed by atoms with Crippen molar-refractivity contribution < 1.29 is 4.74 Å². The third-order valence-corrected chi connectivity index (χ3v) is 3.46. The Morgan fingerprint density at radius 2 is 2.00 bits per heavy atom. The fraction of sp³-hybridized carbons (Fsp3) is 0.143. The number of halogens is 2. The van der Waals surface area contributed by atoms with Crippen LogP contribution in [0.15, 0.2) is 40.9 Å². The number of aryl methyl sites for hydroxylation is 1. The molecule has 0 aliphatic rings. The van der Waals surface area contributed by atoms with E-state index < -0.39 is 0 Å². The number of hydrogen-bond donors (Lipinski definition) is 1. The number of benzene rings is 2. The van der Waals surface area contributed by atoms with E-state index in [0.717, 1.165) is 21.3 Å².